The number of hydrogen-bond donors (Lipinski definition) is 3. The Morgan fingerprint density at radius 3 is 2.95 bits per heavy atom. The third-order valence-corrected chi connectivity index (χ3v) is 3.63. The van der Waals surface area contributed by atoms with Gasteiger partial charge in [-0.15, -0.1) is 0 Å². The molecule has 0 aromatic carbocycles. The molecule has 102 valence electrons. The van der Waals surface area contributed by atoms with Crippen molar-refractivity contribution in [3.05, 3.63) is 18.1 Å². The predicted octanol–water partition coefficient (Wildman–Crippen LogP) is -0.271. The van der Waals surface area contributed by atoms with E-state index in [0.29, 0.717) is 11.5 Å². The van der Waals surface area contributed by atoms with Gasteiger partial charge in [0.25, 0.3) is 5.91 Å². The molecule has 1 atom stereocenters. The molecule has 1 saturated carbocycles. The summed E-state index contributed by atoms with van der Waals surface area (Å²) in [5.41, 5.74) is 2.68. The van der Waals surface area contributed by atoms with E-state index in [4.69, 9.17) is 5.84 Å². The van der Waals surface area contributed by atoms with Gasteiger partial charge >= 0.3 is 0 Å². The molecule has 3 rings (SSSR count). The number of rotatable bonds is 4. The molecule has 1 aromatic rings. The number of aromatic nitrogens is 2. The average molecular weight is 262 g/mol. The van der Waals surface area contributed by atoms with Gasteiger partial charge in [-0.2, -0.15) is 0 Å². The van der Waals surface area contributed by atoms with Crippen molar-refractivity contribution in [1.82, 2.24) is 20.2 Å². The van der Waals surface area contributed by atoms with Gasteiger partial charge in [-0.05, 0) is 19.3 Å². The largest absolute Gasteiger partial charge is 0.347 e. The maximum absolute atomic E-state index is 12.1. The Kier molecular flexibility index (Phi) is 3.31. The predicted molar refractivity (Wildman–Crippen MR) is 70.3 cm³/mol. The van der Waals surface area contributed by atoms with Crippen molar-refractivity contribution < 1.29 is 4.79 Å². The highest BCUT2D eigenvalue weighted by molar-refractivity contribution is 5.92. The summed E-state index contributed by atoms with van der Waals surface area (Å²) < 4.78 is 0. The Bertz CT molecular complexity index is 475. The monoisotopic (exact) mass is 262 g/mol. The fourth-order valence-corrected chi connectivity index (χ4v) is 2.48. The second-order valence-corrected chi connectivity index (χ2v) is 5.12. The number of likely N-dealkylation sites (tertiary alicyclic amines) is 1. The smallest absolute Gasteiger partial charge is 0.271 e. The lowest BCUT2D eigenvalue weighted by Gasteiger charge is -2.15. The lowest BCUT2D eigenvalue weighted by molar-refractivity contribution is 0.0932. The zero-order valence-corrected chi connectivity index (χ0v) is 10.7. The van der Waals surface area contributed by atoms with Crippen LogP contribution < -0.4 is 16.6 Å². The Balaban J connectivity index is 1.58. The van der Waals surface area contributed by atoms with Gasteiger partial charge in [-0.3, -0.25) is 14.7 Å². The summed E-state index contributed by atoms with van der Waals surface area (Å²) in [5, 5.41) is 3.01. The topological polar surface area (TPSA) is 96.2 Å². The minimum Gasteiger partial charge on any atom is -0.347 e. The average Bonchev–Trinajstić information content (AvgIpc) is 3.19. The van der Waals surface area contributed by atoms with E-state index in [1.54, 1.807) is 0 Å². The van der Waals surface area contributed by atoms with Gasteiger partial charge in [0.1, 0.15) is 5.69 Å². The van der Waals surface area contributed by atoms with E-state index in [1.807, 2.05) is 0 Å². The van der Waals surface area contributed by atoms with Gasteiger partial charge in [-0.25, -0.2) is 10.8 Å². The number of carbonyl (C=O) groups excluding carboxylic acids is 1. The molecule has 7 nitrogen and oxygen atoms in total. The number of amides is 1. The molecule has 1 aliphatic carbocycles. The summed E-state index contributed by atoms with van der Waals surface area (Å²) in [6.07, 6.45) is 6.53. The fourth-order valence-electron chi connectivity index (χ4n) is 2.48. The van der Waals surface area contributed by atoms with Crippen LogP contribution in [0, 0.1) is 0 Å². The number of nitrogens with zero attached hydrogens (tertiary/aromatic N) is 3. The molecule has 0 radical (unpaired) electrons. The first kappa shape index (κ1) is 12.3. The van der Waals surface area contributed by atoms with E-state index in [2.05, 4.69) is 25.6 Å². The minimum atomic E-state index is -0.188. The summed E-state index contributed by atoms with van der Waals surface area (Å²) in [5.74, 6) is 5.45. The Morgan fingerprint density at radius 2 is 2.21 bits per heavy atom. The highest BCUT2D eigenvalue weighted by Gasteiger charge is 2.34. The Labute approximate surface area is 111 Å². The van der Waals surface area contributed by atoms with Crippen molar-refractivity contribution in [3.63, 3.8) is 0 Å². The molecule has 1 amide bonds. The number of nitrogen functional groups attached to an aromatic ring is 1. The molecule has 1 saturated heterocycles. The first-order chi connectivity index (χ1) is 9.26. The van der Waals surface area contributed by atoms with E-state index in [1.165, 1.54) is 25.2 Å². The van der Waals surface area contributed by atoms with Crippen molar-refractivity contribution in [2.75, 3.05) is 18.5 Å². The first-order valence-corrected chi connectivity index (χ1v) is 6.60. The van der Waals surface area contributed by atoms with E-state index in [0.717, 1.165) is 25.6 Å². The molecular formula is C12H18N6O. The Morgan fingerprint density at radius 1 is 1.37 bits per heavy atom. The SMILES string of the molecule is NNc1cncc(C(=O)NC2CCN(C3CC3)C2)n1. The summed E-state index contributed by atoms with van der Waals surface area (Å²) in [7, 11) is 0. The highest BCUT2D eigenvalue weighted by Crippen LogP contribution is 2.29. The standard InChI is InChI=1S/C12H18N6O/c13-17-11-6-14-5-10(16-11)12(19)15-8-3-4-18(7-8)9-1-2-9/h5-6,8-9H,1-4,7,13H2,(H,15,19)(H,16,17). The second-order valence-electron chi connectivity index (χ2n) is 5.12. The zero-order valence-electron chi connectivity index (χ0n) is 10.7. The molecule has 1 unspecified atom stereocenters. The molecule has 1 aliphatic heterocycles. The molecule has 2 aliphatic rings. The van der Waals surface area contributed by atoms with Crippen molar-refractivity contribution in [2.45, 2.75) is 31.3 Å². The second kappa shape index (κ2) is 5.10. The van der Waals surface area contributed by atoms with Crippen molar-refractivity contribution in [2.24, 2.45) is 5.84 Å². The number of nitrogens with two attached hydrogens (primary N) is 1. The maximum atomic E-state index is 12.1. The van der Waals surface area contributed by atoms with Crippen molar-refractivity contribution >= 4 is 11.7 Å². The lowest BCUT2D eigenvalue weighted by atomic mass is 10.2. The Hall–Kier alpha value is -1.73. The molecule has 19 heavy (non-hydrogen) atoms. The number of carbonyl (C=O) groups is 1. The number of hydrogen-bond acceptors (Lipinski definition) is 6. The van der Waals surface area contributed by atoms with Crippen LogP contribution in [0.1, 0.15) is 29.8 Å². The van der Waals surface area contributed by atoms with Crippen LogP contribution in [0.4, 0.5) is 5.82 Å². The van der Waals surface area contributed by atoms with E-state index in [-0.39, 0.29) is 11.9 Å². The van der Waals surface area contributed by atoms with Crippen molar-refractivity contribution in [3.8, 4) is 0 Å². The van der Waals surface area contributed by atoms with Crippen LogP contribution in [0.15, 0.2) is 12.4 Å². The molecule has 0 spiro atoms. The minimum absolute atomic E-state index is 0.188. The molecule has 2 fully saturated rings. The molecule has 2 heterocycles. The zero-order chi connectivity index (χ0) is 13.2. The normalized spacial score (nSPS) is 23.3. The molecule has 4 N–H and O–H groups in total. The molecular weight excluding hydrogens is 244 g/mol. The van der Waals surface area contributed by atoms with Crippen LogP contribution >= 0.6 is 0 Å². The van der Waals surface area contributed by atoms with Gasteiger partial charge < -0.3 is 10.7 Å². The van der Waals surface area contributed by atoms with Crippen LogP contribution in [-0.2, 0) is 0 Å². The van der Waals surface area contributed by atoms with Crippen LogP contribution in [0.25, 0.3) is 0 Å². The maximum Gasteiger partial charge on any atom is 0.271 e. The molecule has 1 aromatic heterocycles. The third-order valence-electron chi connectivity index (χ3n) is 3.63. The lowest BCUT2D eigenvalue weighted by Crippen LogP contribution is -2.38. The number of anilines is 1. The third kappa shape index (κ3) is 2.82. The summed E-state index contributed by atoms with van der Waals surface area (Å²) in [4.78, 5) is 22.5. The van der Waals surface area contributed by atoms with Gasteiger partial charge in [0, 0.05) is 25.2 Å². The first-order valence-electron chi connectivity index (χ1n) is 6.60. The van der Waals surface area contributed by atoms with Gasteiger partial charge in [-0.1, -0.05) is 0 Å². The van der Waals surface area contributed by atoms with Gasteiger partial charge in [0.2, 0.25) is 0 Å². The highest BCUT2D eigenvalue weighted by atomic mass is 16.2. The van der Waals surface area contributed by atoms with E-state index in [9.17, 15) is 4.79 Å². The number of nitrogens with one attached hydrogen (secondary N) is 2. The summed E-state index contributed by atoms with van der Waals surface area (Å²) in [6, 6.07) is 0.968. The van der Waals surface area contributed by atoms with Gasteiger partial charge in [0.15, 0.2) is 5.82 Å². The molecule has 0 bridgehead atoms. The molecule has 7 heteroatoms. The number of hydrazine groups is 1. The van der Waals surface area contributed by atoms with Crippen LogP contribution in [0.5, 0.6) is 0 Å². The van der Waals surface area contributed by atoms with Crippen LogP contribution in [0.3, 0.4) is 0 Å². The van der Waals surface area contributed by atoms with Crippen LogP contribution in [-0.4, -0.2) is 45.9 Å². The summed E-state index contributed by atoms with van der Waals surface area (Å²) >= 11 is 0. The van der Waals surface area contributed by atoms with E-state index < -0.39 is 0 Å². The fraction of sp³-hybridized carbons (Fsp3) is 0.583. The van der Waals surface area contributed by atoms with Crippen molar-refractivity contribution in [1.29, 1.82) is 0 Å². The summed E-state index contributed by atoms with van der Waals surface area (Å²) in [6.45, 7) is 2.02. The van der Waals surface area contributed by atoms with Crippen LogP contribution in [0.2, 0.25) is 0 Å². The van der Waals surface area contributed by atoms with E-state index >= 15 is 0 Å². The van der Waals surface area contributed by atoms with Gasteiger partial charge in [0.05, 0.1) is 12.4 Å². The quantitative estimate of drug-likeness (QED) is 0.510.